The summed E-state index contributed by atoms with van der Waals surface area (Å²) in [5.74, 6) is 1.10. The lowest BCUT2D eigenvalue weighted by atomic mass is 10.4. The number of hydrogen-bond acceptors (Lipinski definition) is 5. The van der Waals surface area contributed by atoms with Crippen molar-refractivity contribution in [1.29, 1.82) is 0 Å². The minimum atomic E-state index is -0.178. The van der Waals surface area contributed by atoms with E-state index in [1.165, 1.54) is 6.33 Å². The highest BCUT2D eigenvalue weighted by atomic mass is 16.1. The van der Waals surface area contributed by atoms with Gasteiger partial charge in [0.15, 0.2) is 5.96 Å². The third-order valence-electron chi connectivity index (χ3n) is 2.89. The molecule has 2 aromatic rings. The standard InChI is InChI=1S/C14H20N8O/c1-3-16-14(17-8-12-19-10-20-22(12)2)18-9-13(23)21-11-5-4-6-15-7-11/h4-7,10H,3,8-9H2,1-2H3,(H,21,23)(H2,16,17,18). The molecule has 1 amide bonds. The van der Waals surface area contributed by atoms with E-state index in [1.54, 1.807) is 36.3 Å². The van der Waals surface area contributed by atoms with E-state index >= 15 is 0 Å². The largest absolute Gasteiger partial charge is 0.357 e. The first-order chi connectivity index (χ1) is 11.2. The summed E-state index contributed by atoms with van der Waals surface area (Å²) >= 11 is 0. The zero-order valence-electron chi connectivity index (χ0n) is 13.2. The predicted molar refractivity (Wildman–Crippen MR) is 86.7 cm³/mol. The molecule has 0 aliphatic heterocycles. The summed E-state index contributed by atoms with van der Waals surface area (Å²) in [6, 6.07) is 3.54. The van der Waals surface area contributed by atoms with Gasteiger partial charge in [-0.3, -0.25) is 14.5 Å². The third kappa shape index (κ3) is 5.38. The van der Waals surface area contributed by atoms with Crippen LogP contribution in [0.4, 0.5) is 5.69 Å². The number of amides is 1. The lowest BCUT2D eigenvalue weighted by Gasteiger charge is -2.11. The van der Waals surface area contributed by atoms with Crippen molar-refractivity contribution in [3.05, 3.63) is 36.7 Å². The van der Waals surface area contributed by atoms with Gasteiger partial charge in [0.25, 0.3) is 0 Å². The molecule has 0 atom stereocenters. The molecule has 0 unspecified atom stereocenters. The highest BCUT2D eigenvalue weighted by Crippen LogP contribution is 2.01. The quantitative estimate of drug-likeness (QED) is 0.507. The molecule has 0 spiro atoms. The number of nitrogens with one attached hydrogen (secondary N) is 3. The van der Waals surface area contributed by atoms with E-state index in [0.717, 1.165) is 5.82 Å². The van der Waals surface area contributed by atoms with Crippen LogP contribution < -0.4 is 16.0 Å². The Morgan fingerprint density at radius 3 is 2.91 bits per heavy atom. The van der Waals surface area contributed by atoms with Gasteiger partial charge in [0, 0.05) is 19.8 Å². The molecule has 0 aromatic carbocycles. The molecular formula is C14H20N8O. The first-order valence-corrected chi connectivity index (χ1v) is 7.24. The van der Waals surface area contributed by atoms with Crippen LogP contribution in [0.3, 0.4) is 0 Å². The number of rotatable bonds is 6. The Morgan fingerprint density at radius 2 is 2.26 bits per heavy atom. The molecule has 9 nitrogen and oxygen atoms in total. The highest BCUT2D eigenvalue weighted by Gasteiger charge is 2.05. The van der Waals surface area contributed by atoms with Gasteiger partial charge in [0.1, 0.15) is 18.7 Å². The average molecular weight is 316 g/mol. The third-order valence-corrected chi connectivity index (χ3v) is 2.89. The normalized spacial score (nSPS) is 11.1. The fourth-order valence-electron chi connectivity index (χ4n) is 1.76. The first-order valence-electron chi connectivity index (χ1n) is 7.24. The molecule has 23 heavy (non-hydrogen) atoms. The number of aromatic nitrogens is 4. The fraction of sp³-hybridized carbons (Fsp3) is 0.357. The van der Waals surface area contributed by atoms with Crippen molar-refractivity contribution in [2.75, 3.05) is 18.4 Å². The average Bonchev–Trinajstić information content (AvgIpc) is 2.96. The van der Waals surface area contributed by atoms with Crippen LogP contribution >= 0.6 is 0 Å². The number of aryl methyl sites for hydroxylation is 1. The number of hydrogen-bond donors (Lipinski definition) is 3. The van der Waals surface area contributed by atoms with E-state index in [4.69, 9.17) is 0 Å². The predicted octanol–water partition coefficient (Wildman–Crippen LogP) is -0.0961. The summed E-state index contributed by atoms with van der Waals surface area (Å²) in [6.45, 7) is 3.11. The molecular weight excluding hydrogens is 296 g/mol. The van der Waals surface area contributed by atoms with Gasteiger partial charge in [-0.15, -0.1) is 0 Å². The van der Waals surface area contributed by atoms with Crippen molar-refractivity contribution in [2.24, 2.45) is 12.0 Å². The van der Waals surface area contributed by atoms with E-state index in [2.05, 4.69) is 36.0 Å². The van der Waals surface area contributed by atoms with Gasteiger partial charge in [-0.25, -0.2) is 9.98 Å². The molecule has 9 heteroatoms. The van der Waals surface area contributed by atoms with Crippen molar-refractivity contribution in [2.45, 2.75) is 13.5 Å². The Balaban J connectivity index is 1.86. The number of guanidine groups is 1. The van der Waals surface area contributed by atoms with Gasteiger partial charge in [-0.1, -0.05) is 0 Å². The van der Waals surface area contributed by atoms with Crippen LogP contribution in [0.1, 0.15) is 12.7 Å². The summed E-state index contributed by atoms with van der Waals surface area (Å²) in [6.07, 6.45) is 4.72. The lowest BCUT2D eigenvalue weighted by molar-refractivity contribution is -0.115. The van der Waals surface area contributed by atoms with Crippen LogP contribution in [0.2, 0.25) is 0 Å². The van der Waals surface area contributed by atoms with Crippen molar-refractivity contribution < 1.29 is 4.79 Å². The molecule has 0 saturated heterocycles. The maximum Gasteiger partial charge on any atom is 0.243 e. The van der Waals surface area contributed by atoms with Crippen LogP contribution in [-0.4, -0.2) is 44.7 Å². The van der Waals surface area contributed by atoms with Crippen molar-refractivity contribution in [3.63, 3.8) is 0 Å². The van der Waals surface area contributed by atoms with Gasteiger partial charge in [-0.2, -0.15) is 5.10 Å². The minimum absolute atomic E-state index is 0.0968. The molecule has 0 bridgehead atoms. The number of nitrogens with zero attached hydrogens (tertiary/aromatic N) is 5. The number of carbonyl (C=O) groups is 1. The van der Waals surface area contributed by atoms with Gasteiger partial charge >= 0.3 is 0 Å². The Hall–Kier alpha value is -2.97. The van der Waals surface area contributed by atoms with E-state index in [-0.39, 0.29) is 12.5 Å². The zero-order valence-corrected chi connectivity index (χ0v) is 13.2. The summed E-state index contributed by atoms with van der Waals surface area (Å²) in [4.78, 5) is 24.3. The maximum absolute atomic E-state index is 11.9. The zero-order chi connectivity index (χ0) is 16.5. The van der Waals surface area contributed by atoms with Crippen molar-refractivity contribution >= 4 is 17.6 Å². The maximum atomic E-state index is 11.9. The van der Waals surface area contributed by atoms with Gasteiger partial charge < -0.3 is 16.0 Å². The highest BCUT2D eigenvalue weighted by molar-refractivity contribution is 5.94. The summed E-state index contributed by atoms with van der Waals surface area (Å²) < 4.78 is 1.65. The summed E-state index contributed by atoms with van der Waals surface area (Å²) in [7, 11) is 1.81. The minimum Gasteiger partial charge on any atom is -0.357 e. The van der Waals surface area contributed by atoms with Gasteiger partial charge in [-0.05, 0) is 19.1 Å². The second kappa shape index (κ2) is 8.47. The van der Waals surface area contributed by atoms with Gasteiger partial charge in [0.05, 0.1) is 18.4 Å². The SMILES string of the molecule is CCNC(=NCc1ncnn1C)NCC(=O)Nc1cccnc1. The number of carbonyl (C=O) groups excluding carboxylic acids is 1. The Bertz CT molecular complexity index is 652. The van der Waals surface area contributed by atoms with Crippen LogP contribution in [-0.2, 0) is 18.4 Å². The molecule has 0 aliphatic rings. The van der Waals surface area contributed by atoms with Crippen molar-refractivity contribution in [3.8, 4) is 0 Å². The molecule has 0 fully saturated rings. The van der Waals surface area contributed by atoms with Crippen LogP contribution in [0, 0.1) is 0 Å². The second-order valence-electron chi connectivity index (χ2n) is 4.64. The fourth-order valence-corrected chi connectivity index (χ4v) is 1.76. The molecule has 2 heterocycles. The molecule has 3 N–H and O–H groups in total. The topological polar surface area (TPSA) is 109 Å². The Labute approximate surface area is 134 Å². The molecule has 0 radical (unpaired) electrons. The van der Waals surface area contributed by atoms with Crippen LogP contribution in [0.25, 0.3) is 0 Å². The number of aliphatic imine (C=N–C) groups is 1. The molecule has 0 saturated carbocycles. The van der Waals surface area contributed by atoms with E-state index in [1.807, 2.05) is 6.92 Å². The van der Waals surface area contributed by atoms with Crippen LogP contribution in [0.5, 0.6) is 0 Å². The lowest BCUT2D eigenvalue weighted by Crippen LogP contribution is -2.41. The molecule has 2 rings (SSSR count). The number of anilines is 1. The molecule has 0 aliphatic carbocycles. The van der Waals surface area contributed by atoms with E-state index in [0.29, 0.717) is 24.7 Å². The summed E-state index contributed by atoms with van der Waals surface area (Å²) in [5, 5.41) is 12.8. The van der Waals surface area contributed by atoms with Gasteiger partial charge in [0.2, 0.25) is 5.91 Å². The van der Waals surface area contributed by atoms with Crippen molar-refractivity contribution in [1.82, 2.24) is 30.4 Å². The van der Waals surface area contributed by atoms with Crippen LogP contribution in [0.15, 0.2) is 35.8 Å². The first kappa shape index (κ1) is 16.4. The van der Waals surface area contributed by atoms with E-state index in [9.17, 15) is 4.79 Å². The molecule has 2 aromatic heterocycles. The number of pyridine rings is 1. The Kier molecular flexibility index (Phi) is 6.04. The van der Waals surface area contributed by atoms with E-state index < -0.39 is 0 Å². The Morgan fingerprint density at radius 1 is 1.39 bits per heavy atom. The smallest absolute Gasteiger partial charge is 0.243 e. The second-order valence-corrected chi connectivity index (χ2v) is 4.64. The monoisotopic (exact) mass is 316 g/mol. The molecule has 122 valence electrons. The summed E-state index contributed by atoms with van der Waals surface area (Å²) in [5.41, 5.74) is 0.653.